The Kier molecular flexibility index (Phi) is 10.7. The average molecular weight is 626 g/mol. The van der Waals surface area contributed by atoms with Crippen LogP contribution in [0.25, 0.3) is 0 Å². The molecule has 0 fully saturated rings. The van der Waals surface area contributed by atoms with Gasteiger partial charge in [-0.3, -0.25) is 0 Å². The van der Waals surface area contributed by atoms with Gasteiger partial charge in [0.25, 0.3) is 0 Å². The molecule has 0 rings (SSSR count). The van der Waals surface area contributed by atoms with Crippen molar-refractivity contribution in [3.05, 3.63) is 0 Å². The third-order valence-electron chi connectivity index (χ3n) is 0.390. The van der Waals surface area contributed by atoms with Gasteiger partial charge in [0.2, 0.25) is 0 Å². The standard InChI is InChI=1S/2Bi.7O.2Ti. The molecular formula is Bi2O7Ti2. The molecule has 0 aromatic rings. The van der Waals surface area contributed by atoms with Gasteiger partial charge in [-0.15, -0.1) is 0 Å². The molecule has 0 unspecified atom stereocenters. The molecule has 11 heteroatoms. The Hall–Kier alpha value is 2.27. The Balaban J connectivity index is 3.65. The zero-order valence-corrected chi connectivity index (χ0v) is 14.8. The van der Waals surface area contributed by atoms with Crippen molar-refractivity contribution in [1.82, 2.24) is 0 Å². The minimum atomic E-state index is -3.49. The van der Waals surface area contributed by atoms with E-state index < -0.39 is 84.6 Å². The summed E-state index contributed by atoms with van der Waals surface area (Å²) in [5, 5.41) is 0. The van der Waals surface area contributed by atoms with Crippen molar-refractivity contribution in [3.63, 3.8) is 0 Å². The third kappa shape index (κ3) is 8.60. The monoisotopic (exact) mass is 626 g/mol. The summed E-state index contributed by atoms with van der Waals surface area (Å²) >= 11 is -11.7. The van der Waals surface area contributed by atoms with Crippen LogP contribution in [0, 0.1) is 0 Å². The average Bonchev–Trinajstić information content (AvgIpc) is 1.87. The summed E-state index contributed by atoms with van der Waals surface area (Å²) in [4.78, 5) is 0. The first kappa shape index (κ1) is 13.3. The summed E-state index contributed by atoms with van der Waals surface area (Å²) in [5.74, 6) is 0. The number of hydrogen-bond donors (Lipinski definition) is 0. The normalized spacial score (nSPS) is 8.73. The van der Waals surface area contributed by atoms with E-state index >= 15 is 0 Å². The van der Waals surface area contributed by atoms with Crippen molar-refractivity contribution < 1.29 is 54.2 Å². The Morgan fingerprint density at radius 1 is 0.909 bits per heavy atom. The van der Waals surface area contributed by atoms with Crippen LogP contribution in [-0.4, -0.2) is 47.4 Å². The zero-order chi connectivity index (χ0) is 8.69. The maximum absolute atomic E-state index is 10.5. The van der Waals surface area contributed by atoms with E-state index in [4.69, 9.17) is 0 Å². The summed E-state index contributed by atoms with van der Waals surface area (Å²) in [6.45, 7) is 0. The van der Waals surface area contributed by atoms with Gasteiger partial charge in [-0.2, -0.15) is 0 Å². The van der Waals surface area contributed by atoms with Gasteiger partial charge in [0.05, 0.1) is 0 Å². The van der Waals surface area contributed by atoms with E-state index in [9.17, 15) is 12.3 Å². The summed E-state index contributed by atoms with van der Waals surface area (Å²) in [6, 6.07) is 0. The van der Waals surface area contributed by atoms with Crippen molar-refractivity contribution in [2.24, 2.45) is 0 Å². The molecule has 60 valence electrons. The molecule has 0 N–H and O–H groups in total. The molecule has 0 amide bonds. The molecule has 7 nitrogen and oxygen atoms in total. The molecule has 0 aromatic carbocycles. The van der Waals surface area contributed by atoms with E-state index in [1.807, 2.05) is 0 Å². The Morgan fingerprint density at radius 3 is 1.55 bits per heavy atom. The van der Waals surface area contributed by atoms with Crippen LogP contribution in [-0.2, 0) is 54.2 Å². The summed E-state index contributed by atoms with van der Waals surface area (Å²) in [5.41, 5.74) is 0. The first-order valence-electron chi connectivity index (χ1n) is 1.96. The molecule has 0 aliphatic carbocycles. The predicted molar refractivity (Wildman–Crippen MR) is 17.5 cm³/mol. The second-order valence-electron chi connectivity index (χ2n) is 0.934. The molecule has 0 aliphatic rings. The number of rotatable bonds is 6. The fraction of sp³-hybridized carbons (Fsp3) is 0. The third-order valence-corrected chi connectivity index (χ3v) is 10.9. The quantitative estimate of drug-likeness (QED) is 0.334. The molecule has 11 heavy (non-hydrogen) atoms. The Labute approximate surface area is 99.6 Å². The van der Waals surface area contributed by atoms with Gasteiger partial charge < -0.3 is 0 Å². The van der Waals surface area contributed by atoms with Crippen LogP contribution in [0.4, 0.5) is 0 Å². The van der Waals surface area contributed by atoms with Crippen LogP contribution in [0.5, 0.6) is 0 Å². The first-order chi connectivity index (χ1) is 5.20. The van der Waals surface area contributed by atoms with Crippen molar-refractivity contribution >= 4 is 47.4 Å². The van der Waals surface area contributed by atoms with E-state index in [-0.39, 0.29) is 0 Å². The van der Waals surface area contributed by atoms with Crippen LogP contribution in [0.1, 0.15) is 0 Å². The Morgan fingerprint density at radius 2 is 1.27 bits per heavy atom. The van der Waals surface area contributed by atoms with Crippen LogP contribution in [0.15, 0.2) is 0 Å². The molecule has 0 saturated carbocycles. The molecule has 0 atom stereocenters. The topological polar surface area (TPSA) is 96.0 Å². The van der Waals surface area contributed by atoms with Crippen LogP contribution >= 0.6 is 0 Å². The van der Waals surface area contributed by atoms with Crippen LogP contribution in [0.2, 0.25) is 0 Å². The fourth-order valence-electron chi connectivity index (χ4n) is 0.166. The van der Waals surface area contributed by atoms with E-state index in [2.05, 4.69) is 4.69 Å². The fourth-order valence-corrected chi connectivity index (χ4v) is 8.92. The van der Waals surface area contributed by atoms with E-state index in [1.165, 1.54) is 0 Å². The molecule has 0 saturated heterocycles. The van der Waals surface area contributed by atoms with Crippen LogP contribution in [0.3, 0.4) is 0 Å². The molecule has 0 aliphatic heterocycles. The second-order valence-corrected chi connectivity index (χ2v) is 11.7. The van der Waals surface area contributed by atoms with Gasteiger partial charge in [0.1, 0.15) is 0 Å². The number of hydrogen-bond acceptors (Lipinski definition) is 7. The molecule has 0 bridgehead atoms. The van der Waals surface area contributed by atoms with Gasteiger partial charge >= 0.3 is 102 Å². The van der Waals surface area contributed by atoms with Crippen molar-refractivity contribution in [3.8, 4) is 0 Å². The first-order valence-corrected chi connectivity index (χ1v) is 11.5. The van der Waals surface area contributed by atoms with Crippen molar-refractivity contribution in [1.29, 1.82) is 0 Å². The second kappa shape index (κ2) is 8.85. The van der Waals surface area contributed by atoms with E-state index in [1.54, 1.807) is 0 Å². The van der Waals surface area contributed by atoms with Gasteiger partial charge in [0.15, 0.2) is 0 Å². The predicted octanol–water partition coefficient (Wildman–Crippen LogP) is -1.45. The van der Waals surface area contributed by atoms with Crippen molar-refractivity contribution in [2.45, 2.75) is 0 Å². The molecule has 0 heterocycles. The SMILES string of the molecule is [O]=[Bi][O][Ti](=[O])[O][Ti](=[O])[O][Bi]=[O]. The van der Waals surface area contributed by atoms with E-state index in [0.717, 1.165) is 0 Å². The minimum absolute atomic E-state index is 2.35. The van der Waals surface area contributed by atoms with Crippen molar-refractivity contribution in [2.75, 3.05) is 0 Å². The Bertz CT molecular complexity index is 167. The van der Waals surface area contributed by atoms with Gasteiger partial charge in [-0.05, 0) is 0 Å². The summed E-state index contributed by atoms with van der Waals surface area (Å²) in [7, 11) is 0. The molecular weight excluding hydrogens is 626 g/mol. The van der Waals surface area contributed by atoms with Gasteiger partial charge in [-0.25, -0.2) is 0 Å². The van der Waals surface area contributed by atoms with E-state index in [0.29, 0.717) is 0 Å². The zero-order valence-electron chi connectivity index (χ0n) is 4.75. The summed E-state index contributed by atoms with van der Waals surface area (Å²) < 4.78 is 53.1. The molecule has 0 spiro atoms. The summed E-state index contributed by atoms with van der Waals surface area (Å²) in [6.07, 6.45) is 0. The molecule has 0 aromatic heterocycles. The maximum atomic E-state index is 10.5. The van der Waals surface area contributed by atoms with Gasteiger partial charge in [0, 0.05) is 0 Å². The molecule has 0 radical (unpaired) electrons. The van der Waals surface area contributed by atoms with Gasteiger partial charge in [-0.1, -0.05) is 0 Å². The van der Waals surface area contributed by atoms with Crippen LogP contribution < -0.4 is 0 Å².